The molecule has 1 fully saturated rings. The van der Waals surface area contributed by atoms with Crippen LogP contribution in [-0.4, -0.2) is 24.1 Å². The maximum atomic E-state index is 5.84. The van der Waals surface area contributed by atoms with E-state index in [1.165, 1.54) is 5.56 Å². The second-order valence-electron chi connectivity index (χ2n) is 4.81. The predicted octanol–water partition coefficient (Wildman–Crippen LogP) is 3.71. The Hall–Kier alpha value is -1.32. The number of benzene rings is 2. The number of halogens is 1. The second kappa shape index (κ2) is 5.76. The van der Waals surface area contributed by atoms with Crippen LogP contribution in [0.1, 0.15) is 5.56 Å². The number of para-hydroxylation sites is 1. The van der Waals surface area contributed by atoms with Gasteiger partial charge in [-0.3, -0.25) is 4.90 Å². The number of ether oxygens (including phenoxy) is 1. The van der Waals surface area contributed by atoms with E-state index in [1.807, 2.05) is 24.3 Å². The summed E-state index contributed by atoms with van der Waals surface area (Å²) in [6, 6.07) is 19.1. The molecule has 1 heterocycles. The van der Waals surface area contributed by atoms with E-state index < -0.39 is 0 Å². The standard InChI is InChI=1S/C16H16BrNO/c17-15-8-4-5-9-16(15)19-12-14-11-18(14)10-13-6-2-1-3-7-13/h1-9,14H,10-12H2. The van der Waals surface area contributed by atoms with Crippen LogP contribution < -0.4 is 4.74 Å². The van der Waals surface area contributed by atoms with Crippen LogP contribution in [0, 0.1) is 0 Å². The summed E-state index contributed by atoms with van der Waals surface area (Å²) in [5, 5.41) is 0. The van der Waals surface area contributed by atoms with Crippen molar-refractivity contribution in [1.82, 2.24) is 4.90 Å². The second-order valence-corrected chi connectivity index (χ2v) is 5.66. The maximum Gasteiger partial charge on any atom is 0.133 e. The van der Waals surface area contributed by atoms with Gasteiger partial charge in [-0.2, -0.15) is 0 Å². The van der Waals surface area contributed by atoms with Crippen molar-refractivity contribution >= 4 is 15.9 Å². The zero-order chi connectivity index (χ0) is 13.1. The van der Waals surface area contributed by atoms with E-state index in [2.05, 4.69) is 51.2 Å². The van der Waals surface area contributed by atoms with Crippen molar-refractivity contribution in [2.24, 2.45) is 0 Å². The smallest absolute Gasteiger partial charge is 0.133 e. The van der Waals surface area contributed by atoms with Gasteiger partial charge in [0.15, 0.2) is 0 Å². The lowest BCUT2D eigenvalue weighted by atomic mass is 10.2. The first-order chi connectivity index (χ1) is 9.33. The van der Waals surface area contributed by atoms with E-state index in [0.717, 1.165) is 29.9 Å². The Labute approximate surface area is 122 Å². The molecule has 98 valence electrons. The van der Waals surface area contributed by atoms with Crippen LogP contribution in [0.4, 0.5) is 0 Å². The fourth-order valence-corrected chi connectivity index (χ4v) is 2.54. The largest absolute Gasteiger partial charge is 0.491 e. The Balaban J connectivity index is 1.48. The van der Waals surface area contributed by atoms with E-state index in [-0.39, 0.29) is 0 Å². The Morgan fingerprint density at radius 1 is 1.05 bits per heavy atom. The van der Waals surface area contributed by atoms with Crippen molar-refractivity contribution in [3.8, 4) is 5.75 Å². The third-order valence-corrected chi connectivity index (χ3v) is 3.98. The Bertz CT molecular complexity index is 543. The molecule has 0 saturated carbocycles. The highest BCUT2D eigenvalue weighted by Crippen LogP contribution is 2.26. The first kappa shape index (κ1) is 12.7. The quantitative estimate of drug-likeness (QED) is 0.779. The minimum absolute atomic E-state index is 0.548. The third-order valence-electron chi connectivity index (χ3n) is 3.32. The third kappa shape index (κ3) is 3.37. The van der Waals surface area contributed by atoms with Crippen LogP contribution in [0.2, 0.25) is 0 Å². The number of nitrogens with zero attached hydrogens (tertiary/aromatic N) is 1. The Morgan fingerprint density at radius 2 is 1.79 bits per heavy atom. The molecule has 2 aromatic rings. The van der Waals surface area contributed by atoms with Crippen molar-refractivity contribution in [2.45, 2.75) is 12.6 Å². The number of rotatable bonds is 5. The van der Waals surface area contributed by atoms with Crippen LogP contribution in [0.5, 0.6) is 5.75 Å². The summed E-state index contributed by atoms with van der Waals surface area (Å²) in [5.41, 5.74) is 1.37. The molecule has 3 heteroatoms. The van der Waals surface area contributed by atoms with E-state index in [1.54, 1.807) is 0 Å². The van der Waals surface area contributed by atoms with Crippen LogP contribution in [0.3, 0.4) is 0 Å². The monoisotopic (exact) mass is 317 g/mol. The molecule has 0 aliphatic carbocycles. The summed E-state index contributed by atoms with van der Waals surface area (Å²) >= 11 is 3.50. The molecule has 2 atom stereocenters. The molecule has 0 spiro atoms. The summed E-state index contributed by atoms with van der Waals surface area (Å²) in [4.78, 5) is 2.42. The number of hydrogen-bond donors (Lipinski definition) is 0. The van der Waals surface area contributed by atoms with Gasteiger partial charge in [0.25, 0.3) is 0 Å². The zero-order valence-corrected chi connectivity index (χ0v) is 12.2. The summed E-state index contributed by atoms with van der Waals surface area (Å²) < 4.78 is 6.86. The summed E-state index contributed by atoms with van der Waals surface area (Å²) in [6.45, 7) is 2.90. The minimum atomic E-state index is 0.548. The molecule has 0 radical (unpaired) electrons. The van der Waals surface area contributed by atoms with Gasteiger partial charge in [-0.15, -0.1) is 0 Å². The van der Waals surface area contributed by atoms with Crippen molar-refractivity contribution in [1.29, 1.82) is 0 Å². The van der Waals surface area contributed by atoms with Crippen molar-refractivity contribution in [2.75, 3.05) is 13.2 Å². The molecule has 1 aliphatic heterocycles. The predicted molar refractivity (Wildman–Crippen MR) is 80.3 cm³/mol. The van der Waals surface area contributed by atoms with Gasteiger partial charge in [0.05, 0.1) is 10.5 Å². The van der Waals surface area contributed by atoms with Gasteiger partial charge in [0, 0.05) is 13.1 Å². The lowest BCUT2D eigenvalue weighted by molar-refractivity contribution is 0.291. The van der Waals surface area contributed by atoms with Crippen LogP contribution in [-0.2, 0) is 6.54 Å². The van der Waals surface area contributed by atoms with Gasteiger partial charge >= 0.3 is 0 Å². The SMILES string of the molecule is Brc1ccccc1OCC1CN1Cc1ccccc1. The van der Waals surface area contributed by atoms with E-state index in [9.17, 15) is 0 Å². The summed E-state index contributed by atoms with van der Waals surface area (Å²) in [6.07, 6.45) is 0. The molecule has 0 bridgehead atoms. The molecule has 0 N–H and O–H groups in total. The molecule has 1 saturated heterocycles. The molecule has 2 nitrogen and oxygen atoms in total. The molecule has 0 aromatic heterocycles. The van der Waals surface area contributed by atoms with E-state index >= 15 is 0 Å². The van der Waals surface area contributed by atoms with Gasteiger partial charge in [0.2, 0.25) is 0 Å². The molecular weight excluding hydrogens is 302 g/mol. The topological polar surface area (TPSA) is 12.2 Å². The van der Waals surface area contributed by atoms with Gasteiger partial charge in [0.1, 0.15) is 12.4 Å². The fraction of sp³-hybridized carbons (Fsp3) is 0.250. The Kier molecular flexibility index (Phi) is 3.85. The zero-order valence-electron chi connectivity index (χ0n) is 10.6. The first-order valence-corrected chi connectivity index (χ1v) is 7.27. The Morgan fingerprint density at radius 3 is 2.58 bits per heavy atom. The van der Waals surface area contributed by atoms with Crippen molar-refractivity contribution in [3.63, 3.8) is 0 Å². The molecular formula is C16H16BrNO. The fourth-order valence-electron chi connectivity index (χ4n) is 2.14. The molecule has 19 heavy (non-hydrogen) atoms. The maximum absolute atomic E-state index is 5.84. The van der Waals surface area contributed by atoms with Crippen LogP contribution in [0.15, 0.2) is 59.1 Å². The van der Waals surface area contributed by atoms with Crippen molar-refractivity contribution in [3.05, 3.63) is 64.6 Å². The van der Waals surface area contributed by atoms with E-state index in [0.29, 0.717) is 6.04 Å². The highest BCUT2D eigenvalue weighted by Gasteiger charge is 2.34. The molecule has 3 rings (SSSR count). The lowest BCUT2D eigenvalue weighted by Crippen LogP contribution is -2.11. The van der Waals surface area contributed by atoms with Crippen LogP contribution in [0.25, 0.3) is 0 Å². The van der Waals surface area contributed by atoms with Gasteiger partial charge in [-0.1, -0.05) is 42.5 Å². The average Bonchev–Trinajstić information content (AvgIpc) is 3.17. The van der Waals surface area contributed by atoms with Crippen LogP contribution >= 0.6 is 15.9 Å². The highest BCUT2D eigenvalue weighted by molar-refractivity contribution is 9.10. The number of hydrogen-bond acceptors (Lipinski definition) is 2. The molecule has 2 aromatic carbocycles. The highest BCUT2D eigenvalue weighted by atomic mass is 79.9. The molecule has 1 aliphatic rings. The normalized spacial score (nSPS) is 21.1. The van der Waals surface area contributed by atoms with E-state index in [4.69, 9.17) is 4.74 Å². The molecule has 2 unspecified atom stereocenters. The summed E-state index contributed by atoms with van der Waals surface area (Å²) in [7, 11) is 0. The van der Waals surface area contributed by atoms with Gasteiger partial charge in [-0.25, -0.2) is 0 Å². The van der Waals surface area contributed by atoms with Gasteiger partial charge in [-0.05, 0) is 33.6 Å². The molecule has 0 amide bonds. The van der Waals surface area contributed by atoms with Crippen molar-refractivity contribution < 1.29 is 4.74 Å². The minimum Gasteiger partial charge on any atom is -0.491 e. The average molecular weight is 318 g/mol. The van der Waals surface area contributed by atoms with Gasteiger partial charge < -0.3 is 4.74 Å². The summed E-state index contributed by atoms with van der Waals surface area (Å²) in [5.74, 6) is 0.925. The first-order valence-electron chi connectivity index (χ1n) is 6.48. The lowest BCUT2D eigenvalue weighted by Gasteiger charge is -2.08.